The van der Waals surface area contributed by atoms with Crippen molar-refractivity contribution in [2.75, 3.05) is 33.3 Å². The molecule has 1 fully saturated rings. The number of methoxy groups -OCH3 is 1. The molecular weight excluding hydrogens is 200 g/mol. The fourth-order valence-corrected chi connectivity index (χ4v) is 2.42. The van der Waals surface area contributed by atoms with Gasteiger partial charge in [0.1, 0.15) is 0 Å². The minimum Gasteiger partial charge on any atom is -0.380 e. The summed E-state index contributed by atoms with van der Waals surface area (Å²) in [7, 11) is 1.83. The number of rotatable bonds is 8. The van der Waals surface area contributed by atoms with Gasteiger partial charge in [0.15, 0.2) is 0 Å². The molecule has 1 atom stereocenters. The summed E-state index contributed by atoms with van der Waals surface area (Å²) >= 11 is 0. The van der Waals surface area contributed by atoms with Gasteiger partial charge < -0.3 is 15.4 Å². The number of likely N-dealkylation sites (tertiary alicyclic amines) is 1. The van der Waals surface area contributed by atoms with Gasteiger partial charge in [-0.3, -0.25) is 0 Å². The molecule has 0 spiro atoms. The summed E-state index contributed by atoms with van der Waals surface area (Å²) in [6.45, 7) is 4.51. The molecule has 0 amide bonds. The van der Waals surface area contributed by atoms with Gasteiger partial charge >= 0.3 is 0 Å². The second-order valence-corrected chi connectivity index (χ2v) is 4.86. The maximum absolute atomic E-state index is 5.47. The average Bonchev–Trinajstić information content (AvgIpc) is 2.34. The second-order valence-electron chi connectivity index (χ2n) is 4.86. The van der Waals surface area contributed by atoms with Crippen LogP contribution >= 0.6 is 0 Å². The van der Waals surface area contributed by atoms with E-state index in [1.807, 2.05) is 7.11 Å². The Morgan fingerprint density at radius 3 is 2.69 bits per heavy atom. The molecule has 0 radical (unpaired) electrons. The van der Waals surface area contributed by atoms with Gasteiger partial charge in [-0.15, -0.1) is 0 Å². The van der Waals surface area contributed by atoms with Crippen molar-refractivity contribution in [2.24, 2.45) is 5.73 Å². The summed E-state index contributed by atoms with van der Waals surface area (Å²) in [4.78, 5) is 2.56. The Hall–Kier alpha value is -0.120. The van der Waals surface area contributed by atoms with E-state index in [-0.39, 0.29) is 0 Å². The number of unbranched alkanes of at least 4 members (excludes halogenated alkanes) is 4. The van der Waals surface area contributed by atoms with Crippen molar-refractivity contribution in [3.8, 4) is 0 Å². The van der Waals surface area contributed by atoms with E-state index in [0.29, 0.717) is 6.10 Å². The van der Waals surface area contributed by atoms with Crippen LogP contribution in [0.3, 0.4) is 0 Å². The van der Waals surface area contributed by atoms with Crippen LogP contribution < -0.4 is 5.73 Å². The third kappa shape index (κ3) is 5.83. The zero-order chi connectivity index (χ0) is 11.6. The van der Waals surface area contributed by atoms with Crippen LogP contribution in [0.4, 0.5) is 0 Å². The average molecular weight is 228 g/mol. The number of hydrogen-bond acceptors (Lipinski definition) is 3. The molecule has 16 heavy (non-hydrogen) atoms. The van der Waals surface area contributed by atoms with E-state index >= 15 is 0 Å². The summed E-state index contributed by atoms with van der Waals surface area (Å²) in [5.74, 6) is 0. The van der Waals surface area contributed by atoms with Crippen LogP contribution in [0, 0.1) is 0 Å². The number of ether oxygens (including phenoxy) is 1. The number of nitrogens with two attached hydrogens (primary N) is 1. The highest BCUT2D eigenvalue weighted by atomic mass is 16.5. The highest BCUT2D eigenvalue weighted by molar-refractivity contribution is 4.72. The van der Waals surface area contributed by atoms with Gasteiger partial charge in [-0.05, 0) is 45.3 Å². The highest BCUT2D eigenvalue weighted by Gasteiger charge is 2.18. The number of nitrogens with zero attached hydrogens (tertiary/aromatic N) is 1. The smallest absolute Gasteiger partial charge is 0.0698 e. The van der Waals surface area contributed by atoms with Gasteiger partial charge in [0.2, 0.25) is 0 Å². The molecule has 1 aliphatic heterocycles. The van der Waals surface area contributed by atoms with Crippen LogP contribution in [-0.4, -0.2) is 44.3 Å². The van der Waals surface area contributed by atoms with Crippen molar-refractivity contribution in [1.82, 2.24) is 4.90 Å². The molecule has 1 heterocycles. The number of hydrogen-bond donors (Lipinski definition) is 1. The maximum atomic E-state index is 5.47. The maximum Gasteiger partial charge on any atom is 0.0698 e. The van der Waals surface area contributed by atoms with E-state index < -0.39 is 0 Å². The molecule has 0 aromatic rings. The molecule has 1 aliphatic rings. The summed E-state index contributed by atoms with van der Waals surface area (Å²) in [6, 6.07) is 0. The molecule has 96 valence electrons. The second kappa shape index (κ2) is 8.97. The van der Waals surface area contributed by atoms with Gasteiger partial charge in [-0.25, -0.2) is 0 Å². The predicted molar refractivity (Wildman–Crippen MR) is 68.6 cm³/mol. The third-order valence-electron chi connectivity index (χ3n) is 3.47. The molecule has 1 saturated heterocycles. The molecule has 3 nitrogen and oxygen atoms in total. The molecule has 1 rings (SSSR count). The van der Waals surface area contributed by atoms with Gasteiger partial charge in [0, 0.05) is 13.7 Å². The summed E-state index contributed by atoms with van der Waals surface area (Å²) in [5, 5.41) is 0. The lowest BCUT2D eigenvalue weighted by Gasteiger charge is -2.31. The molecule has 0 aromatic heterocycles. The zero-order valence-electron chi connectivity index (χ0n) is 10.8. The van der Waals surface area contributed by atoms with E-state index in [1.54, 1.807) is 0 Å². The Bertz CT molecular complexity index is 164. The molecule has 3 heteroatoms. The first kappa shape index (κ1) is 13.9. The van der Waals surface area contributed by atoms with E-state index in [0.717, 1.165) is 13.1 Å². The molecule has 0 aliphatic carbocycles. The molecule has 0 saturated carbocycles. The molecular formula is C13H28N2O. The lowest BCUT2D eigenvalue weighted by atomic mass is 10.1. The Balaban J connectivity index is 1.95. The standard InChI is InChI=1S/C13H28N2O/c1-16-13-8-7-11-15(12-13)10-6-4-2-3-5-9-14/h13H,2-12,14H2,1H3. The lowest BCUT2D eigenvalue weighted by Crippen LogP contribution is -2.39. The van der Waals surface area contributed by atoms with Crippen LogP contribution in [0.5, 0.6) is 0 Å². The topological polar surface area (TPSA) is 38.5 Å². The van der Waals surface area contributed by atoms with Crippen molar-refractivity contribution >= 4 is 0 Å². The summed E-state index contributed by atoms with van der Waals surface area (Å²) in [6.07, 6.45) is 9.54. The fourth-order valence-electron chi connectivity index (χ4n) is 2.42. The first-order valence-corrected chi connectivity index (χ1v) is 6.82. The van der Waals surface area contributed by atoms with Crippen molar-refractivity contribution < 1.29 is 4.74 Å². The van der Waals surface area contributed by atoms with Crippen molar-refractivity contribution in [2.45, 2.75) is 51.0 Å². The zero-order valence-corrected chi connectivity index (χ0v) is 10.8. The Kier molecular flexibility index (Phi) is 7.81. The quantitative estimate of drug-likeness (QED) is 0.646. The van der Waals surface area contributed by atoms with E-state index in [4.69, 9.17) is 10.5 Å². The van der Waals surface area contributed by atoms with E-state index in [9.17, 15) is 0 Å². The van der Waals surface area contributed by atoms with Crippen molar-refractivity contribution in [1.29, 1.82) is 0 Å². The third-order valence-corrected chi connectivity index (χ3v) is 3.47. The van der Waals surface area contributed by atoms with E-state index in [2.05, 4.69) is 4.90 Å². The Morgan fingerprint density at radius 2 is 1.94 bits per heavy atom. The Morgan fingerprint density at radius 1 is 1.19 bits per heavy atom. The van der Waals surface area contributed by atoms with Gasteiger partial charge in [0.25, 0.3) is 0 Å². The fraction of sp³-hybridized carbons (Fsp3) is 1.00. The highest BCUT2D eigenvalue weighted by Crippen LogP contribution is 2.13. The first-order chi connectivity index (χ1) is 7.86. The van der Waals surface area contributed by atoms with Crippen LogP contribution in [0.15, 0.2) is 0 Å². The van der Waals surface area contributed by atoms with Crippen LogP contribution in [0.25, 0.3) is 0 Å². The lowest BCUT2D eigenvalue weighted by molar-refractivity contribution is 0.0309. The van der Waals surface area contributed by atoms with Gasteiger partial charge in [-0.2, -0.15) is 0 Å². The molecule has 2 N–H and O–H groups in total. The normalized spacial score (nSPS) is 22.5. The minimum atomic E-state index is 0.478. The summed E-state index contributed by atoms with van der Waals surface area (Å²) < 4.78 is 5.43. The SMILES string of the molecule is COC1CCCN(CCCCCCCN)C1. The first-order valence-electron chi connectivity index (χ1n) is 6.82. The van der Waals surface area contributed by atoms with Crippen LogP contribution in [0.1, 0.15) is 44.9 Å². The van der Waals surface area contributed by atoms with Crippen LogP contribution in [-0.2, 0) is 4.74 Å². The Labute approximate surface area is 100 Å². The molecule has 1 unspecified atom stereocenters. The number of piperidine rings is 1. The van der Waals surface area contributed by atoms with Crippen molar-refractivity contribution in [3.63, 3.8) is 0 Å². The summed E-state index contributed by atoms with van der Waals surface area (Å²) in [5.41, 5.74) is 5.47. The van der Waals surface area contributed by atoms with Gasteiger partial charge in [0.05, 0.1) is 6.10 Å². The molecule has 0 bridgehead atoms. The van der Waals surface area contributed by atoms with Crippen LogP contribution in [0.2, 0.25) is 0 Å². The van der Waals surface area contributed by atoms with Gasteiger partial charge in [-0.1, -0.05) is 19.3 Å². The monoisotopic (exact) mass is 228 g/mol. The van der Waals surface area contributed by atoms with E-state index in [1.165, 1.54) is 58.0 Å². The minimum absolute atomic E-state index is 0.478. The largest absolute Gasteiger partial charge is 0.380 e. The molecule has 0 aromatic carbocycles. The van der Waals surface area contributed by atoms with Crippen molar-refractivity contribution in [3.05, 3.63) is 0 Å². The predicted octanol–water partition coefficient (Wildman–Crippen LogP) is 2.01.